The number of benzene rings is 2. The molecule has 0 radical (unpaired) electrons. The molecule has 1 aliphatic heterocycles. The lowest BCUT2D eigenvalue weighted by Crippen LogP contribution is -2.45. The second-order valence-corrected chi connectivity index (χ2v) is 11.0. The van der Waals surface area contributed by atoms with Gasteiger partial charge in [0.2, 0.25) is 5.91 Å². The summed E-state index contributed by atoms with van der Waals surface area (Å²) < 4.78 is 23.1. The summed E-state index contributed by atoms with van der Waals surface area (Å²) in [6.45, 7) is 8.03. The van der Waals surface area contributed by atoms with Gasteiger partial charge in [-0.3, -0.25) is 25.0 Å². The molecule has 3 amide bonds. The Morgan fingerprint density at radius 3 is 2.45 bits per heavy atom. The van der Waals surface area contributed by atoms with Gasteiger partial charge in [-0.2, -0.15) is 4.68 Å². The van der Waals surface area contributed by atoms with E-state index in [1.54, 1.807) is 63.2 Å². The standard InChI is InChI=1S/C30H38N6O8/c1-30(2,3)44-29(40)32-20-8-10-21(11-9-20)43-19-18-42-17-16-41-15-5-14-31-22-6-4-7-23-26(22)28(39)36(35-34-23)24-12-13-25(37)33-27(24)38/h4,6-11,24,31H,5,12-19H2,1-3H3,(H,32,40)(H,33,37,38). The van der Waals surface area contributed by atoms with Crippen LogP contribution in [-0.4, -0.2) is 78.1 Å². The fourth-order valence-corrected chi connectivity index (χ4v) is 4.36. The van der Waals surface area contributed by atoms with Gasteiger partial charge in [-0.05, 0) is 70.0 Å². The number of aromatic nitrogens is 3. The Hall–Kier alpha value is -4.56. The monoisotopic (exact) mass is 610 g/mol. The number of amides is 3. The zero-order chi connectivity index (χ0) is 31.5. The minimum Gasteiger partial charge on any atom is -0.491 e. The largest absolute Gasteiger partial charge is 0.491 e. The van der Waals surface area contributed by atoms with Crippen molar-refractivity contribution in [2.24, 2.45) is 0 Å². The summed E-state index contributed by atoms with van der Waals surface area (Å²) in [6.07, 6.45) is 0.488. The molecule has 0 saturated carbocycles. The summed E-state index contributed by atoms with van der Waals surface area (Å²) in [7, 11) is 0. The number of hydrogen-bond acceptors (Lipinski definition) is 11. The molecule has 1 atom stereocenters. The first-order valence-electron chi connectivity index (χ1n) is 14.4. The third-order valence-electron chi connectivity index (χ3n) is 6.37. The zero-order valence-corrected chi connectivity index (χ0v) is 25.1. The van der Waals surface area contributed by atoms with Crippen LogP contribution in [0.1, 0.15) is 46.1 Å². The maximum Gasteiger partial charge on any atom is 0.412 e. The quantitative estimate of drug-likeness (QED) is 0.181. The van der Waals surface area contributed by atoms with Crippen molar-refractivity contribution in [1.29, 1.82) is 0 Å². The van der Waals surface area contributed by atoms with Crippen molar-refractivity contribution in [2.75, 3.05) is 50.2 Å². The average molecular weight is 611 g/mol. The lowest BCUT2D eigenvalue weighted by atomic mass is 10.1. The number of imide groups is 1. The van der Waals surface area contributed by atoms with Gasteiger partial charge in [0.15, 0.2) is 0 Å². The molecule has 0 aliphatic carbocycles. The molecule has 2 aromatic carbocycles. The molecule has 1 saturated heterocycles. The molecule has 1 aromatic heterocycles. The molecule has 1 fully saturated rings. The Bertz CT molecular complexity index is 1500. The molecule has 1 aliphatic rings. The maximum absolute atomic E-state index is 13.2. The van der Waals surface area contributed by atoms with Crippen LogP contribution in [0.25, 0.3) is 10.9 Å². The molecule has 2 heterocycles. The first-order chi connectivity index (χ1) is 21.1. The van der Waals surface area contributed by atoms with Gasteiger partial charge in [0.25, 0.3) is 11.5 Å². The smallest absolute Gasteiger partial charge is 0.412 e. The van der Waals surface area contributed by atoms with Crippen LogP contribution >= 0.6 is 0 Å². The van der Waals surface area contributed by atoms with Gasteiger partial charge in [-0.25, -0.2) is 4.79 Å². The van der Waals surface area contributed by atoms with E-state index in [0.717, 1.165) is 4.68 Å². The van der Waals surface area contributed by atoms with E-state index in [1.807, 2.05) is 0 Å². The molecule has 3 N–H and O–H groups in total. The van der Waals surface area contributed by atoms with Crippen molar-refractivity contribution < 1.29 is 33.3 Å². The van der Waals surface area contributed by atoms with E-state index in [2.05, 4.69) is 26.3 Å². The van der Waals surface area contributed by atoms with E-state index < -0.39 is 29.2 Å². The van der Waals surface area contributed by atoms with E-state index in [1.165, 1.54) is 0 Å². The summed E-state index contributed by atoms with van der Waals surface area (Å²) >= 11 is 0. The van der Waals surface area contributed by atoms with Gasteiger partial charge in [-0.1, -0.05) is 11.3 Å². The molecular weight excluding hydrogens is 572 g/mol. The van der Waals surface area contributed by atoms with Crippen LogP contribution in [0.4, 0.5) is 16.2 Å². The van der Waals surface area contributed by atoms with Gasteiger partial charge in [0.05, 0.1) is 25.2 Å². The van der Waals surface area contributed by atoms with Crippen molar-refractivity contribution in [1.82, 2.24) is 20.3 Å². The predicted molar refractivity (Wildman–Crippen MR) is 162 cm³/mol. The number of piperidine rings is 1. The SMILES string of the molecule is CC(C)(C)OC(=O)Nc1ccc(OCCOCCOCCCNc2cccc3nnn(C4CCC(=O)NC4=O)c(=O)c23)cc1. The minimum absolute atomic E-state index is 0.133. The fraction of sp³-hybridized carbons (Fsp3) is 0.467. The summed E-state index contributed by atoms with van der Waals surface area (Å²) in [4.78, 5) is 48.8. The number of carbonyl (C=O) groups excluding carboxylic acids is 3. The highest BCUT2D eigenvalue weighted by molar-refractivity contribution is 5.99. The van der Waals surface area contributed by atoms with E-state index in [-0.39, 0.29) is 18.7 Å². The minimum atomic E-state index is -0.881. The van der Waals surface area contributed by atoms with Gasteiger partial charge in [-0.15, -0.1) is 5.10 Å². The highest BCUT2D eigenvalue weighted by Crippen LogP contribution is 2.21. The number of nitrogens with one attached hydrogen (secondary N) is 3. The normalized spacial score (nSPS) is 15.1. The lowest BCUT2D eigenvalue weighted by Gasteiger charge is -2.21. The van der Waals surface area contributed by atoms with Gasteiger partial charge >= 0.3 is 6.09 Å². The summed E-state index contributed by atoms with van der Waals surface area (Å²) in [5.41, 5.74) is 0.586. The molecular formula is C30H38N6O8. The molecule has 236 valence electrons. The fourth-order valence-electron chi connectivity index (χ4n) is 4.36. The van der Waals surface area contributed by atoms with Crippen molar-refractivity contribution in [3.8, 4) is 5.75 Å². The maximum atomic E-state index is 13.2. The van der Waals surface area contributed by atoms with Crippen molar-refractivity contribution in [2.45, 2.75) is 51.7 Å². The van der Waals surface area contributed by atoms with Crippen LogP contribution in [0.3, 0.4) is 0 Å². The first kappa shape index (κ1) is 32.4. The van der Waals surface area contributed by atoms with E-state index in [0.29, 0.717) is 74.0 Å². The van der Waals surface area contributed by atoms with Crippen LogP contribution in [0.15, 0.2) is 47.3 Å². The van der Waals surface area contributed by atoms with E-state index >= 15 is 0 Å². The lowest BCUT2D eigenvalue weighted by molar-refractivity contribution is -0.136. The van der Waals surface area contributed by atoms with Crippen molar-refractivity contribution in [3.63, 3.8) is 0 Å². The highest BCUT2D eigenvalue weighted by Gasteiger charge is 2.30. The van der Waals surface area contributed by atoms with E-state index in [9.17, 15) is 19.2 Å². The first-order valence-corrected chi connectivity index (χ1v) is 14.4. The van der Waals surface area contributed by atoms with Gasteiger partial charge < -0.3 is 24.3 Å². The summed E-state index contributed by atoms with van der Waals surface area (Å²) in [6, 6.07) is 11.3. The molecule has 0 spiro atoms. The Balaban J connectivity index is 1.10. The number of carbonyl (C=O) groups is 3. The Labute approximate surface area is 254 Å². The van der Waals surface area contributed by atoms with Crippen LogP contribution in [0.5, 0.6) is 5.75 Å². The number of anilines is 2. The molecule has 44 heavy (non-hydrogen) atoms. The summed E-state index contributed by atoms with van der Waals surface area (Å²) in [5.74, 6) is -0.273. The van der Waals surface area contributed by atoms with Crippen molar-refractivity contribution in [3.05, 3.63) is 52.8 Å². The number of hydrogen-bond donors (Lipinski definition) is 3. The average Bonchev–Trinajstić information content (AvgIpc) is 2.96. The molecule has 1 unspecified atom stereocenters. The number of fused-ring (bicyclic) bond motifs is 1. The molecule has 4 rings (SSSR count). The summed E-state index contributed by atoms with van der Waals surface area (Å²) in [5, 5.41) is 16.5. The molecule has 14 heteroatoms. The Morgan fingerprint density at radius 2 is 1.73 bits per heavy atom. The number of ether oxygens (including phenoxy) is 4. The predicted octanol–water partition coefficient (Wildman–Crippen LogP) is 3.03. The second-order valence-electron chi connectivity index (χ2n) is 11.0. The number of rotatable bonds is 14. The molecule has 3 aromatic rings. The van der Waals surface area contributed by atoms with Gasteiger partial charge in [0, 0.05) is 30.9 Å². The zero-order valence-electron chi connectivity index (χ0n) is 25.1. The third kappa shape index (κ3) is 9.47. The second kappa shape index (κ2) is 15.3. The van der Waals surface area contributed by atoms with Gasteiger partial charge in [0.1, 0.15) is 29.5 Å². The van der Waals surface area contributed by atoms with Crippen LogP contribution in [0, 0.1) is 0 Å². The van der Waals surface area contributed by atoms with E-state index in [4.69, 9.17) is 18.9 Å². The van der Waals surface area contributed by atoms with Crippen LogP contribution in [-0.2, 0) is 23.8 Å². The number of nitrogens with zero attached hydrogens (tertiary/aromatic N) is 3. The van der Waals surface area contributed by atoms with Crippen LogP contribution < -0.4 is 26.2 Å². The molecule has 14 nitrogen and oxygen atoms in total. The van der Waals surface area contributed by atoms with Crippen LogP contribution in [0.2, 0.25) is 0 Å². The topological polar surface area (TPSA) is 172 Å². The van der Waals surface area contributed by atoms with Crippen molar-refractivity contribution >= 4 is 40.2 Å². The Kier molecular flexibility index (Phi) is 11.2. The third-order valence-corrected chi connectivity index (χ3v) is 6.37. The highest BCUT2D eigenvalue weighted by atomic mass is 16.6. The molecule has 0 bridgehead atoms. The Morgan fingerprint density at radius 1 is 1.00 bits per heavy atom.